The van der Waals surface area contributed by atoms with Crippen LogP contribution >= 0.6 is 34.4 Å². The summed E-state index contributed by atoms with van der Waals surface area (Å²) in [5.41, 5.74) is 2.05. The number of aryl methyl sites for hydroxylation is 1. The van der Waals surface area contributed by atoms with Gasteiger partial charge in [-0.2, -0.15) is 11.8 Å². The topological polar surface area (TPSA) is 328 Å². The zero-order chi connectivity index (χ0) is 53.3. The van der Waals surface area contributed by atoms with Crippen molar-refractivity contribution in [3.8, 4) is 5.75 Å². The van der Waals surface area contributed by atoms with E-state index in [1.54, 1.807) is 55.8 Å². The number of phenols is 1. The zero-order valence-corrected chi connectivity index (χ0v) is 43.3. The maximum atomic E-state index is 14.0. The molecule has 6 unspecified atom stereocenters. The SMILES string of the molecule is CNC(Cc1ccccc1)C(=O)NCC(=O)NC(CC(C)C)C(=O)NC(CCSC)C(=O)NC(=O)C(Cc1ccccc1)NC(=O)C(CC(=O)O)NC(=O)C(CC(=O)O)NC(=O)CCc1ccc(O)c(I)c1. The molecule has 6 atom stereocenters. The number of carboxylic acid groups (broad SMARTS) is 2. The summed E-state index contributed by atoms with van der Waals surface area (Å²) in [6.07, 6.45) is -0.0211. The van der Waals surface area contributed by atoms with Gasteiger partial charge in [0.25, 0.3) is 0 Å². The largest absolute Gasteiger partial charge is 0.507 e. The summed E-state index contributed by atoms with van der Waals surface area (Å²) >= 11 is 3.25. The van der Waals surface area contributed by atoms with Crippen LogP contribution in [0.3, 0.4) is 0 Å². The molecule has 3 rings (SSSR count). The molecule has 390 valence electrons. The zero-order valence-electron chi connectivity index (χ0n) is 40.3. The van der Waals surface area contributed by atoms with Crippen LogP contribution in [-0.4, -0.2) is 136 Å². The molecule has 0 heterocycles. The summed E-state index contributed by atoms with van der Waals surface area (Å²) in [6, 6.07) is 13.7. The monoisotopic (exact) mass is 1130 g/mol. The number of likely N-dealkylation sites (N-methyl/N-ethyl adjacent to an activating group) is 1. The minimum atomic E-state index is -1.92. The third-order valence-electron chi connectivity index (χ3n) is 10.8. The van der Waals surface area contributed by atoms with Crippen LogP contribution in [0.4, 0.5) is 0 Å². The number of hydrogen-bond donors (Lipinski definition) is 11. The van der Waals surface area contributed by atoms with Crippen LogP contribution in [0.2, 0.25) is 0 Å². The third kappa shape index (κ3) is 21.8. The Morgan fingerprint density at radius 1 is 0.583 bits per heavy atom. The van der Waals surface area contributed by atoms with Crippen molar-refractivity contribution in [3.05, 3.63) is 99.1 Å². The summed E-state index contributed by atoms with van der Waals surface area (Å²) in [5.74, 6) is -9.90. The lowest BCUT2D eigenvalue weighted by Crippen LogP contribution is -2.60. The van der Waals surface area contributed by atoms with Crippen LogP contribution in [0.15, 0.2) is 78.9 Å². The number of aliphatic carboxylic acids is 2. The van der Waals surface area contributed by atoms with Gasteiger partial charge in [-0.25, -0.2) is 0 Å². The van der Waals surface area contributed by atoms with E-state index in [9.17, 15) is 63.3 Å². The first-order chi connectivity index (χ1) is 34.2. The summed E-state index contributed by atoms with van der Waals surface area (Å²) in [5, 5.41) is 49.0. The van der Waals surface area contributed by atoms with Crippen LogP contribution in [0.5, 0.6) is 5.75 Å². The maximum absolute atomic E-state index is 14.0. The number of aromatic hydroxyl groups is 1. The van der Waals surface area contributed by atoms with Crippen molar-refractivity contribution in [2.75, 3.05) is 25.6 Å². The molecule has 0 aromatic heterocycles. The Morgan fingerprint density at radius 2 is 1.08 bits per heavy atom. The second-order valence-electron chi connectivity index (χ2n) is 17.1. The number of halogens is 1. The Bertz CT molecular complexity index is 2360. The molecule has 0 spiro atoms. The number of carbonyl (C=O) groups excluding carboxylic acids is 8. The van der Waals surface area contributed by atoms with E-state index in [0.29, 0.717) is 26.9 Å². The highest BCUT2D eigenvalue weighted by molar-refractivity contribution is 14.1. The van der Waals surface area contributed by atoms with Gasteiger partial charge in [0, 0.05) is 12.8 Å². The van der Waals surface area contributed by atoms with E-state index in [2.05, 4.69) is 42.5 Å². The van der Waals surface area contributed by atoms with Crippen molar-refractivity contribution in [1.29, 1.82) is 0 Å². The first-order valence-corrected chi connectivity index (χ1v) is 25.4. The molecule has 0 aliphatic heterocycles. The average molecular weight is 1130 g/mol. The van der Waals surface area contributed by atoms with Gasteiger partial charge in [-0.1, -0.05) is 80.6 Å². The third-order valence-corrected chi connectivity index (χ3v) is 12.3. The number of carbonyl (C=O) groups is 10. The lowest BCUT2D eigenvalue weighted by Gasteiger charge is -2.26. The molecule has 0 aliphatic rings. The van der Waals surface area contributed by atoms with Crippen LogP contribution < -0.4 is 42.5 Å². The second kappa shape index (κ2) is 31.0. The predicted octanol–water partition coefficient (Wildman–Crippen LogP) is 0.934. The van der Waals surface area contributed by atoms with Crippen molar-refractivity contribution < 1.29 is 63.3 Å². The summed E-state index contributed by atoms with van der Waals surface area (Å²) in [7, 11) is 1.62. The molecule has 0 saturated carbocycles. The Labute approximate surface area is 435 Å². The van der Waals surface area contributed by atoms with Gasteiger partial charge in [-0.05, 0) is 102 Å². The van der Waals surface area contributed by atoms with Crippen LogP contribution in [0.25, 0.3) is 0 Å². The second-order valence-corrected chi connectivity index (χ2v) is 19.3. The molecule has 72 heavy (non-hydrogen) atoms. The molecule has 0 bridgehead atoms. The number of thioether (sulfide) groups is 1. The van der Waals surface area contributed by atoms with Gasteiger partial charge in [0.15, 0.2) is 0 Å². The highest BCUT2D eigenvalue weighted by Gasteiger charge is 2.34. The molecule has 3 aromatic carbocycles. The van der Waals surface area contributed by atoms with Gasteiger partial charge in [0.1, 0.15) is 36.0 Å². The van der Waals surface area contributed by atoms with E-state index in [1.165, 1.54) is 17.8 Å². The maximum Gasteiger partial charge on any atom is 0.305 e. The standard InChI is InChI=1S/C49H63IN8O13S/c1-28(2)21-35(54-41(61)27-52-44(66)34(51-3)23-29-11-7-5-8-12-29)46(68)55-33(19-20-72-4)45(67)58-49(71)36(24-30-13-9-6-10-14-30)56-48(70)38(26-43(64)65)57-47(69)37(25-42(62)63)53-40(60)18-16-31-15-17-39(59)32(50)22-31/h5-15,17,22,28,33-38,51,59H,16,18-21,23-27H2,1-4H3,(H,52,66)(H,53,60)(H,54,61)(H,55,68)(H,56,70)(H,57,69)(H,62,63)(H,64,65)(H,58,67,71). The fraction of sp³-hybridized carbons (Fsp3) is 0.429. The fourth-order valence-electron chi connectivity index (χ4n) is 7.09. The molecule has 11 N–H and O–H groups in total. The highest BCUT2D eigenvalue weighted by atomic mass is 127. The van der Waals surface area contributed by atoms with E-state index in [0.717, 1.165) is 5.56 Å². The average Bonchev–Trinajstić information content (AvgIpc) is 3.33. The molecule has 0 aliphatic carbocycles. The van der Waals surface area contributed by atoms with Gasteiger partial charge in [-0.15, -0.1) is 0 Å². The van der Waals surface area contributed by atoms with E-state index >= 15 is 0 Å². The van der Waals surface area contributed by atoms with Crippen LogP contribution in [-0.2, 0) is 67.2 Å². The Balaban J connectivity index is 1.77. The van der Waals surface area contributed by atoms with Crippen LogP contribution in [0.1, 0.15) is 62.6 Å². The number of hydrogen-bond acceptors (Lipinski definition) is 13. The number of amides is 8. The first kappa shape index (κ1) is 59.7. The van der Waals surface area contributed by atoms with Gasteiger partial charge >= 0.3 is 11.9 Å². The number of nitrogens with one attached hydrogen (secondary N) is 8. The predicted molar refractivity (Wildman–Crippen MR) is 275 cm³/mol. The van der Waals surface area contributed by atoms with Crippen molar-refractivity contribution in [3.63, 3.8) is 0 Å². The van der Waals surface area contributed by atoms with E-state index < -0.39 is 115 Å². The van der Waals surface area contributed by atoms with E-state index in [-0.39, 0.29) is 43.8 Å². The number of phenolic OH excluding ortho intramolecular Hbond substituents is 1. The molecular weight excluding hydrogens is 1070 g/mol. The Morgan fingerprint density at radius 3 is 1.61 bits per heavy atom. The molecule has 0 saturated heterocycles. The number of carboxylic acids is 2. The normalized spacial score (nSPS) is 13.4. The van der Waals surface area contributed by atoms with Crippen molar-refractivity contribution in [1.82, 2.24) is 42.5 Å². The van der Waals surface area contributed by atoms with Crippen LogP contribution in [0, 0.1) is 9.49 Å². The van der Waals surface area contributed by atoms with Crippen molar-refractivity contribution in [2.24, 2.45) is 5.92 Å². The smallest absolute Gasteiger partial charge is 0.305 e. The lowest BCUT2D eigenvalue weighted by atomic mass is 10.0. The molecule has 0 radical (unpaired) electrons. The lowest BCUT2D eigenvalue weighted by molar-refractivity contribution is -0.143. The summed E-state index contributed by atoms with van der Waals surface area (Å²) in [4.78, 5) is 132. The quantitative estimate of drug-likeness (QED) is 0.0414. The molecule has 21 nitrogen and oxygen atoms in total. The molecular formula is C49H63IN8O13S. The van der Waals surface area contributed by atoms with Gasteiger partial charge in [0.05, 0.1) is 29.0 Å². The number of benzene rings is 3. The molecule has 3 aromatic rings. The highest BCUT2D eigenvalue weighted by Crippen LogP contribution is 2.21. The van der Waals surface area contributed by atoms with Gasteiger partial charge < -0.3 is 52.5 Å². The van der Waals surface area contributed by atoms with Crippen molar-refractivity contribution in [2.45, 2.75) is 101 Å². The minimum absolute atomic E-state index is 0.0178. The molecule has 0 fully saturated rings. The van der Waals surface area contributed by atoms with Crippen molar-refractivity contribution >= 4 is 93.5 Å². The van der Waals surface area contributed by atoms with Gasteiger partial charge in [-0.3, -0.25) is 53.3 Å². The first-order valence-electron chi connectivity index (χ1n) is 23.0. The Hall–Kier alpha value is -6.60. The summed E-state index contributed by atoms with van der Waals surface area (Å²) < 4.78 is 0.527. The Kier molecular flexibility index (Phi) is 25.7. The van der Waals surface area contributed by atoms with Gasteiger partial charge in [0.2, 0.25) is 47.3 Å². The fourth-order valence-corrected chi connectivity index (χ4v) is 8.14. The molecule has 8 amide bonds. The van der Waals surface area contributed by atoms with E-state index in [4.69, 9.17) is 0 Å². The number of rotatable bonds is 30. The summed E-state index contributed by atoms with van der Waals surface area (Å²) in [6.45, 7) is 3.18. The minimum Gasteiger partial charge on any atom is -0.507 e. The number of imide groups is 1. The molecule has 23 heteroatoms. The van der Waals surface area contributed by atoms with E-state index in [1.807, 2.05) is 66.8 Å².